The lowest BCUT2D eigenvalue weighted by atomic mass is 10.3. The summed E-state index contributed by atoms with van der Waals surface area (Å²) in [7, 11) is 0. The molecule has 2 aromatic heterocycles. The fraction of sp³-hybridized carbons (Fsp3) is 0.286. The molecule has 7 heteroatoms. The molecule has 108 valence electrons. The van der Waals surface area contributed by atoms with E-state index in [1.807, 2.05) is 41.2 Å². The highest BCUT2D eigenvalue weighted by atomic mass is 16.2. The van der Waals surface area contributed by atoms with Crippen molar-refractivity contribution in [2.45, 2.75) is 19.5 Å². The van der Waals surface area contributed by atoms with E-state index < -0.39 is 0 Å². The zero-order chi connectivity index (χ0) is 14.5. The number of hydrogen-bond acceptors (Lipinski definition) is 4. The number of fused-ring (bicyclic) bond motifs is 1. The maximum Gasteiger partial charge on any atom is 0.241 e. The zero-order valence-electron chi connectivity index (χ0n) is 11.5. The lowest BCUT2D eigenvalue weighted by Crippen LogP contribution is -2.29. The molecule has 3 aromatic rings. The van der Waals surface area contributed by atoms with Crippen molar-refractivity contribution >= 4 is 16.9 Å². The molecular formula is C14H16N6O. The Hall–Kier alpha value is -2.70. The van der Waals surface area contributed by atoms with Gasteiger partial charge in [0.25, 0.3) is 0 Å². The second-order valence-electron chi connectivity index (χ2n) is 4.71. The van der Waals surface area contributed by atoms with Crippen LogP contribution < -0.4 is 5.32 Å². The summed E-state index contributed by atoms with van der Waals surface area (Å²) in [4.78, 5) is 11.9. The Bertz CT molecular complexity index is 718. The first-order valence-corrected chi connectivity index (χ1v) is 6.85. The highest BCUT2D eigenvalue weighted by Crippen LogP contribution is 2.08. The van der Waals surface area contributed by atoms with Gasteiger partial charge in [-0.05, 0) is 24.6 Å². The molecule has 0 aliphatic heterocycles. The third kappa shape index (κ3) is 3.25. The normalized spacial score (nSPS) is 10.9. The number of amides is 1. The van der Waals surface area contributed by atoms with E-state index in [1.165, 1.54) is 0 Å². The molecule has 0 spiro atoms. The molecule has 0 fully saturated rings. The van der Waals surface area contributed by atoms with Crippen molar-refractivity contribution in [3.63, 3.8) is 0 Å². The monoisotopic (exact) mass is 284 g/mol. The molecular weight excluding hydrogens is 268 g/mol. The van der Waals surface area contributed by atoms with E-state index in [2.05, 4.69) is 20.7 Å². The van der Waals surface area contributed by atoms with Crippen LogP contribution in [0.25, 0.3) is 11.0 Å². The fourth-order valence-corrected chi connectivity index (χ4v) is 2.13. The minimum atomic E-state index is -0.0638. The molecule has 0 aliphatic carbocycles. The van der Waals surface area contributed by atoms with Gasteiger partial charge in [-0.1, -0.05) is 17.3 Å². The molecule has 1 amide bonds. The van der Waals surface area contributed by atoms with Gasteiger partial charge in [0.05, 0.1) is 5.52 Å². The van der Waals surface area contributed by atoms with Crippen LogP contribution in [0.2, 0.25) is 0 Å². The number of rotatable bonds is 6. The Morgan fingerprint density at radius 1 is 1.24 bits per heavy atom. The van der Waals surface area contributed by atoms with Gasteiger partial charge in [-0.25, -0.2) is 4.68 Å². The van der Waals surface area contributed by atoms with Crippen LogP contribution in [-0.2, 0) is 17.9 Å². The van der Waals surface area contributed by atoms with Crippen molar-refractivity contribution in [2.24, 2.45) is 0 Å². The van der Waals surface area contributed by atoms with Gasteiger partial charge in [-0.3, -0.25) is 9.48 Å². The summed E-state index contributed by atoms with van der Waals surface area (Å²) in [6.45, 7) is 1.59. The maximum absolute atomic E-state index is 11.9. The van der Waals surface area contributed by atoms with Gasteiger partial charge in [0, 0.05) is 25.5 Å². The standard InChI is InChI=1S/C14H16N6O/c21-14(15-7-3-9-19-10-4-8-16-19)11-20-13-6-2-1-5-12(13)17-18-20/h1-2,4-6,8,10H,3,7,9,11H2,(H,15,21). The van der Waals surface area contributed by atoms with Crippen LogP contribution in [0, 0.1) is 0 Å². The molecule has 7 nitrogen and oxygen atoms in total. The van der Waals surface area contributed by atoms with E-state index in [4.69, 9.17) is 0 Å². The molecule has 1 N–H and O–H groups in total. The van der Waals surface area contributed by atoms with Gasteiger partial charge in [-0.15, -0.1) is 5.10 Å². The molecule has 21 heavy (non-hydrogen) atoms. The van der Waals surface area contributed by atoms with Crippen LogP contribution in [0.15, 0.2) is 42.7 Å². The van der Waals surface area contributed by atoms with Crippen molar-refractivity contribution in [3.05, 3.63) is 42.7 Å². The topological polar surface area (TPSA) is 77.6 Å². The Labute approximate surface area is 121 Å². The SMILES string of the molecule is O=C(Cn1nnc2ccccc21)NCCCn1cccn1. The first-order chi connectivity index (χ1) is 10.3. The van der Waals surface area contributed by atoms with E-state index >= 15 is 0 Å². The second kappa shape index (κ2) is 6.17. The minimum Gasteiger partial charge on any atom is -0.354 e. The van der Waals surface area contributed by atoms with E-state index in [0.717, 1.165) is 24.0 Å². The molecule has 2 heterocycles. The maximum atomic E-state index is 11.9. The van der Waals surface area contributed by atoms with Crippen molar-refractivity contribution in [3.8, 4) is 0 Å². The van der Waals surface area contributed by atoms with Crippen LogP contribution in [0.5, 0.6) is 0 Å². The summed E-state index contributed by atoms with van der Waals surface area (Å²) >= 11 is 0. The van der Waals surface area contributed by atoms with E-state index in [9.17, 15) is 4.79 Å². The van der Waals surface area contributed by atoms with E-state index in [0.29, 0.717) is 6.54 Å². The highest BCUT2D eigenvalue weighted by Gasteiger charge is 2.07. The quantitative estimate of drug-likeness (QED) is 0.680. The molecule has 0 radical (unpaired) electrons. The van der Waals surface area contributed by atoms with Gasteiger partial charge in [-0.2, -0.15) is 5.10 Å². The molecule has 0 saturated carbocycles. The number of nitrogens with zero attached hydrogens (tertiary/aromatic N) is 5. The van der Waals surface area contributed by atoms with Crippen LogP contribution in [0.3, 0.4) is 0 Å². The van der Waals surface area contributed by atoms with Crippen LogP contribution >= 0.6 is 0 Å². The second-order valence-corrected chi connectivity index (χ2v) is 4.71. The third-order valence-corrected chi connectivity index (χ3v) is 3.16. The number of aryl methyl sites for hydroxylation is 1. The van der Waals surface area contributed by atoms with Crippen LogP contribution in [0.4, 0.5) is 0 Å². The molecule has 0 saturated heterocycles. The van der Waals surface area contributed by atoms with E-state index in [1.54, 1.807) is 10.9 Å². The lowest BCUT2D eigenvalue weighted by molar-refractivity contribution is -0.121. The van der Waals surface area contributed by atoms with Crippen molar-refractivity contribution in [1.82, 2.24) is 30.1 Å². The molecule has 3 rings (SSSR count). The smallest absolute Gasteiger partial charge is 0.241 e. The number of para-hydroxylation sites is 1. The predicted octanol–water partition coefficient (Wildman–Crippen LogP) is 0.834. The third-order valence-electron chi connectivity index (χ3n) is 3.16. The fourth-order valence-electron chi connectivity index (χ4n) is 2.13. The minimum absolute atomic E-state index is 0.0638. The number of carbonyl (C=O) groups excluding carboxylic acids is 1. The average Bonchev–Trinajstić information content (AvgIpc) is 3.14. The Morgan fingerprint density at radius 3 is 3.00 bits per heavy atom. The average molecular weight is 284 g/mol. The summed E-state index contributed by atoms with van der Waals surface area (Å²) in [5, 5.41) is 15.0. The number of carbonyl (C=O) groups is 1. The van der Waals surface area contributed by atoms with Gasteiger partial charge in [0.15, 0.2) is 0 Å². The van der Waals surface area contributed by atoms with Gasteiger partial charge >= 0.3 is 0 Å². The lowest BCUT2D eigenvalue weighted by Gasteiger charge is -2.06. The number of hydrogen-bond donors (Lipinski definition) is 1. The number of nitrogens with one attached hydrogen (secondary N) is 1. The van der Waals surface area contributed by atoms with E-state index in [-0.39, 0.29) is 12.5 Å². The highest BCUT2D eigenvalue weighted by molar-refractivity contribution is 5.79. The number of benzene rings is 1. The largest absolute Gasteiger partial charge is 0.354 e. The van der Waals surface area contributed by atoms with Gasteiger partial charge < -0.3 is 5.32 Å². The first kappa shape index (κ1) is 13.3. The predicted molar refractivity (Wildman–Crippen MR) is 77.4 cm³/mol. The van der Waals surface area contributed by atoms with Crippen LogP contribution in [-0.4, -0.2) is 37.2 Å². The van der Waals surface area contributed by atoms with Crippen molar-refractivity contribution < 1.29 is 4.79 Å². The summed E-state index contributed by atoms with van der Waals surface area (Å²) in [6.07, 6.45) is 4.49. The summed E-state index contributed by atoms with van der Waals surface area (Å²) in [6, 6.07) is 9.47. The van der Waals surface area contributed by atoms with Gasteiger partial charge in [0.2, 0.25) is 5.91 Å². The van der Waals surface area contributed by atoms with Crippen molar-refractivity contribution in [2.75, 3.05) is 6.54 Å². The Balaban J connectivity index is 1.48. The molecule has 1 aromatic carbocycles. The molecule has 0 unspecified atom stereocenters. The Morgan fingerprint density at radius 2 is 2.14 bits per heavy atom. The summed E-state index contributed by atoms with van der Waals surface area (Å²) < 4.78 is 3.45. The van der Waals surface area contributed by atoms with Gasteiger partial charge in [0.1, 0.15) is 12.1 Å². The first-order valence-electron chi connectivity index (χ1n) is 6.85. The Kier molecular flexibility index (Phi) is 3.90. The molecule has 0 bridgehead atoms. The molecule has 0 atom stereocenters. The van der Waals surface area contributed by atoms with Crippen LogP contribution in [0.1, 0.15) is 6.42 Å². The number of aromatic nitrogens is 5. The zero-order valence-corrected chi connectivity index (χ0v) is 11.5. The summed E-state index contributed by atoms with van der Waals surface area (Å²) in [5.41, 5.74) is 1.66. The van der Waals surface area contributed by atoms with Crippen molar-refractivity contribution in [1.29, 1.82) is 0 Å². The molecule has 0 aliphatic rings. The summed E-state index contributed by atoms with van der Waals surface area (Å²) in [5.74, 6) is -0.0638.